The van der Waals surface area contributed by atoms with Gasteiger partial charge >= 0.3 is 99.9 Å². The average molecular weight is 282 g/mol. The Balaban J connectivity index is 2.97. The second-order valence-corrected chi connectivity index (χ2v) is 5.11. The predicted molar refractivity (Wildman–Crippen MR) is 55.1 cm³/mol. The molecule has 2 aromatic carbocycles. The van der Waals surface area contributed by atoms with Crippen molar-refractivity contribution in [3.63, 3.8) is 0 Å². The molecule has 0 saturated heterocycles. The van der Waals surface area contributed by atoms with Crippen molar-refractivity contribution < 1.29 is 33.5 Å². The van der Waals surface area contributed by atoms with E-state index in [9.17, 15) is 13.5 Å². The summed E-state index contributed by atoms with van der Waals surface area (Å²) in [6, 6.07) is 7.18. The summed E-state index contributed by atoms with van der Waals surface area (Å²) in [7, 11) is -4.35. The van der Waals surface area contributed by atoms with Gasteiger partial charge in [0, 0.05) is 0 Å². The van der Waals surface area contributed by atoms with Gasteiger partial charge in [-0.05, 0) is 0 Å². The third-order valence-electron chi connectivity index (χ3n) is 2.14. The Morgan fingerprint density at radius 2 is 1.81 bits per heavy atom. The van der Waals surface area contributed by atoms with Gasteiger partial charge in [-0.25, -0.2) is 0 Å². The van der Waals surface area contributed by atoms with Crippen LogP contribution in [0.2, 0.25) is 0 Å². The minimum atomic E-state index is -4.35. The number of phenols is 1. The van der Waals surface area contributed by atoms with E-state index in [0.717, 1.165) is 0 Å². The number of hydrogen-bond acceptors (Lipinski definition) is 3. The number of benzene rings is 2. The molecule has 0 radical (unpaired) electrons. The van der Waals surface area contributed by atoms with E-state index >= 15 is 0 Å². The topological polar surface area (TPSA) is 74.6 Å². The monoisotopic (exact) mass is 281 g/mol. The molecule has 0 aliphatic heterocycles. The van der Waals surface area contributed by atoms with Gasteiger partial charge in [0.2, 0.25) is 0 Å². The first-order valence-corrected chi connectivity index (χ1v) is 6.18. The SMILES string of the molecule is O=S(=O)(O)c1[c]([Ni])ccc2cc(O)ccc12. The third kappa shape index (κ3) is 1.91. The zero-order valence-electron chi connectivity index (χ0n) is 7.82. The van der Waals surface area contributed by atoms with Gasteiger partial charge in [0.05, 0.1) is 0 Å². The first-order chi connectivity index (χ1) is 7.39. The third-order valence-corrected chi connectivity index (χ3v) is 3.65. The van der Waals surface area contributed by atoms with E-state index in [1.54, 1.807) is 6.07 Å². The van der Waals surface area contributed by atoms with Crippen LogP contribution in [0.1, 0.15) is 0 Å². The van der Waals surface area contributed by atoms with Crippen LogP contribution in [0, 0.1) is 0 Å². The van der Waals surface area contributed by atoms with Crippen molar-refractivity contribution >= 4 is 25.4 Å². The first kappa shape index (κ1) is 11.4. The maximum absolute atomic E-state index is 11.2. The van der Waals surface area contributed by atoms with Crippen molar-refractivity contribution in [3.05, 3.63) is 30.3 Å². The summed E-state index contributed by atoms with van der Waals surface area (Å²) in [4.78, 5) is -0.273. The molecule has 0 fully saturated rings. The molecular formula is C10H7NiO4S. The summed E-state index contributed by atoms with van der Waals surface area (Å²) in [5.41, 5.74) is 0. The molecule has 0 amide bonds. The minimum absolute atomic E-state index is 0.0228. The van der Waals surface area contributed by atoms with Gasteiger partial charge in [-0.2, -0.15) is 0 Å². The van der Waals surface area contributed by atoms with E-state index < -0.39 is 10.1 Å². The molecule has 87 valence electrons. The summed E-state index contributed by atoms with van der Waals surface area (Å²) >= 11 is 4.53. The van der Waals surface area contributed by atoms with E-state index in [1.165, 1.54) is 24.3 Å². The maximum atomic E-state index is 11.2. The molecule has 0 spiro atoms. The molecule has 6 heteroatoms. The molecule has 16 heavy (non-hydrogen) atoms. The molecule has 2 rings (SSSR count). The Kier molecular flexibility index (Phi) is 2.66. The fourth-order valence-electron chi connectivity index (χ4n) is 1.50. The molecule has 0 bridgehead atoms. The van der Waals surface area contributed by atoms with E-state index in [1.807, 2.05) is 0 Å². The standard InChI is InChI=1S/C10H7O4S.Ni/c11-8-4-5-9-7(6-8)2-1-3-10(9)15(12,13)14;/h1-2,4-6,11H,(H,12,13,14);. The Bertz CT molecular complexity index is 664. The van der Waals surface area contributed by atoms with Crippen molar-refractivity contribution in [2.24, 2.45) is 0 Å². The molecule has 0 aliphatic rings. The molecule has 0 saturated carbocycles. The second-order valence-electron chi connectivity index (χ2n) is 3.22. The van der Waals surface area contributed by atoms with E-state index in [4.69, 9.17) is 4.55 Å². The normalized spacial score (nSPS) is 11.9. The summed E-state index contributed by atoms with van der Waals surface area (Å²) in [5, 5.41) is 10.1. The summed E-state index contributed by atoms with van der Waals surface area (Å²) < 4.78 is 31.6. The second kappa shape index (κ2) is 3.73. The number of hydrogen-bond donors (Lipinski definition) is 2. The van der Waals surface area contributed by atoms with Gasteiger partial charge in [0.1, 0.15) is 0 Å². The quantitative estimate of drug-likeness (QED) is 0.603. The van der Waals surface area contributed by atoms with Crippen LogP contribution >= 0.6 is 0 Å². The van der Waals surface area contributed by atoms with Crippen LogP contribution in [0.3, 0.4) is 0 Å². The molecule has 2 N–H and O–H groups in total. The van der Waals surface area contributed by atoms with Crippen molar-refractivity contribution in [2.45, 2.75) is 4.90 Å². The van der Waals surface area contributed by atoms with Crippen LogP contribution in [0.4, 0.5) is 0 Å². The van der Waals surface area contributed by atoms with Gasteiger partial charge in [-0.1, -0.05) is 0 Å². The molecule has 4 nitrogen and oxygen atoms in total. The van der Waals surface area contributed by atoms with Gasteiger partial charge in [-0.15, -0.1) is 0 Å². The molecule has 0 aliphatic carbocycles. The summed E-state index contributed by atoms with van der Waals surface area (Å²) in [5.74, 6) is 0.0228. The van der Waals surface area contributed by atoms with E-state index in [0.29, 0.717) is 10.8 Å². The van der Waals surface area contributed by atoms with Crippen molar-refractivity contribution in [2.75, 3.05) is 0 Å². The first-order valence-electron chi connectivity index (χ1n) is 4.25. The average Bonchev–Trinajstić information content (AvgIpc) is 2.16. The molecule has 2 aromatic rings. The van der Waals surface area contributed by atoms with Gasteiger partial charge in [-0.3, -0.25) is 0 Å². The Morgan fingerprint density at radius 3 is 2.44 bits per heavy atom. The van der Waals surface area contributed by atoms with Crippen LogP contribution in [-0.2, 0) is 25.6 Å². The Morgan fingerprint density at radius 1 is 1.12 bits per heavy atom. The van der Waals surface area contributed by atoms with Gasteiger partial charge in [0.25, 0.3) is 0 Å². The van der Waals surface area contributed by atoms with Gasteiger partial charge in [0.15, 0.2) is 0 Å². The Labute approximate surface area is 100 Å². The van der Waals surface area contributed by atoms with E-state index in [2.05, 4.69) is 15.5 Å². The van der Waals surface area contributed by atoms with Crippen molar-refractivity contribution in [1.82, 2.24) is 0 Å². The van der Waals surface area contributed by atoms with Crippen molar-refractivity contribution in [1.29, 1.82) is 0 Å². The molecule has 0 aromatic heterocycles. The predicted octanol–water partition coefficient (Wildman–Crippen LogP) is 0.964. The van der Waals surface area contributed by atoms with Gasteiger partial charge < -0.3 is 0 Å². The van der Waals surface area contributed by atoms with Crippen LogP contribution in [0.5, 0.6) is 5.75 Å². The molecule has 0 unspecified atom stereocenters. The zero-order chi connectivity index (χ0) is 11.9. The van der Waals surface area contributed by atoms with Crippen LogP contribution in [0.25, 0.3) is 10.8 Å². The zero-order valence-corrected chi connectivity index (χ0v) is 9.63. The fourth-order valence-corrected chi connectivity index (χ4v) is 2.86. The molecule has 0 heterocycles. The number of fused-ring (bicyclic) bond motifs is 1. The van der Waals surface area contributed by atoms with Crippen LogP contribution in [0.15, 0.2) is 35.2 Å². The van der Waals surface area contributed by atoms with E-state index in [-0.39, 0.29) is 15.2 Å². The number of aromatic hydroxyl groups is 1. The number of rotatable bonds is 1. The molecular weight excluding hydrogens is 275 g/mol. The number of phenolic OH excluding ortho intramolecular Hbond substituents is 1. The summed E-state index contributed by atoms with van der Waals surface area (Å²) in [6.45, 7) is 0. The van der Waals surface area contributed by atoms with Crippen molar-refractivity contribution in [3.8, 4) is 5.75 Å². The molecule has 0 atom stereocenters. The summed E-state index contributed by atoms with van der Waals surface area (Å²) in [6.07, 6.45) is 0. The van der Waals surface area contributed by atoms with Crippen LogP contribution < -0.4 is 4.53 Å². The van der Waals surface area contributed by atoms with Crippen LogP contribution in [-0.4, -0.2) is 18.1 Å². The Hall–Kier alpha value is -1.10. The fraction of sp³-hybridized carbons (Fsp3) is 0.